The molecule has 0 radical (unpaired) electrons. The highest BCUT2D eigenvalue weighted by atomic mass is 79.9. The first-order valence-corrected chi connectivity index (χ1v) is 7.08. The van der Waals surface area contributed by atoms with Gasteiger partial charge in [-0.1, -0.05) is 19.1 Å². The number of Topliss-reactive ketones (excluding diaryl/α,β-unsaturated/α-hetero) is 1. The Kier molecular flexibility index (Phi) is 4.79. The average Bonchev–Trinajstić information content (AvgIpc) is 2.49. The molecular weight excluding hydrogens is 320 g/mol. The summed E-state index contributed by atoms with van der Waals surface area (Å²) in [5.41, 5.74) is 0.595. The summed E-state index contributed by atoms with van der Waals surface area (Å²) in [5.74, 6) is 2.00. The molecule has 0 amide bonds. The molecule has 0 aliphatic heterocycles. The lowest BCUT2D eigenvalue weighted by Gasteiger charge is -2.12. The van der Waals surface area contributed by atoms with Gasteiger partial charge in [-0.3, -0.25) is 4.79 Å². The highest BCUT2D eigenvalue weighted by Crippen LogP contribution is 2.34. The second kappa shape index (κ2) is 6.57. The molecule has 0 unspecified atom stereocenters. The third-order valence-corrected chi connectivity index (χ3v) is 3.49. The van der Waals surface area contributed by atoms with Gasteiger partial charge in [0.05, 0.1) is 17.1 Å². The van der Waals surface area contributed by atoms with Crippen molar-refractivity contribution in [2.75, 3.05) is 7.11 Å². The van der Waals surface area contributed by atoms with E-state index in [1.54, 1.807) is 25.3 Å². The number of halogens is 1. The molecule has 0 saturated heterocycles. The maximum atomic E-state index is 11.9. The van der Waals surface area contributed by atoms with Gasteiger partial charge in [-0.2, -0.15) is 0 Å². The van der Waals surface area contributed by atoms with Gasteiger partial charge in [0, 0.05) is 6.42 Å². The lowest BCUT2D eigenvalue weighted by molar-refractivity contribution is 0.0986. The molecule has 2 aromatic carbocycles. The number of ketones is 1. The normalized spacial score (nSPS) is 10.2. The summed E-state index contributed by atoms with van der Waals surface area (Å²) in [4.78, 5) is 11.9. The molecule has 0 aliphatic rings. The van der Waals surface area contributed by atoms with Gasteiger partial charge in [0.2, 0.25) is 0 Å². The SMILES string of the molecule is CCC(=O)c1ccccc1Oc1ccc(OC)cc1Br. The van der Waals surface area contributed by atoms with E-state index in [1.165, 1.54) is 0 Å². The minimum Gasteiger partial charge on any atom is -0.497 e. The van der Waals surface area contributed by atoms with Crippen molar-refractivity contribution in [1.82, 2.24) is 0 Å². The Hall–Kier alpha value is -1.81. The molecule has 3 nitrogen and oxygen atoms in total. The van der Waals surface area contributed by atoms with Crippen molar-refractivity contribution < 1.29 is 14.3 Å². The fourth-order valence-corrected chi connectivity index (χ4v) is 2.22. The van der Waals surface area contributed by atoms with E-state index in [0.29, 0.717) is 23.5 Å². The van der Waals surface area contributed by atoms with Crippen LogP contribution < -0.4 is 9.47 Å². The lowest BCUT2D eigenvalue weighted by atomic mass is 10.1. The van der Waals surface area contributed by atoms with Crippen molar-refractivity contribution in [3.63, 3.8) is 0 Å². The van der Waals surface area contributed by atoms with Crippen molar-refractivity contribution in [3.05, 3.63) is 52.5 Å². The Bertz CT molecular complexity index is 623. The molecule has 20 heavy (non-hydrogen) atoms. The standard InChI is InChI=1S/C16H15BrO3/c1-3-14(18)12-6-4-5-7-15(12)20-16-9-8-11(19-2)10-13(16)17/h4-10H,3H2,1-2H3. The van der Waals surface area contributed by atoms with Crippen LogP contribution in [0.3, 0.4) is 0 Å². The minimum absolute atomic E-state index is 0.0604. The largest absolute Gasteiger partial charge is 0.497 e. The molecular formula is C16H15BrO3. The highest BCUT2D eigenvalue weighted by molar-refractivity contribution is 9.10. The molecule has 0 spiro atoms. The van der Waals surface area contributed by atoms with Crippen LogP contribution in [-0.4, -0.2) is 12.9 Å². The molecule has 0 atom stereocenters. The van der Waals surface area contributed by atoms with Gasteiger partial charge in [-0.05, 0) is 46.3 Å². The van der Waals surface area contributed by atoms with E-state index < -0.39 is 0 Å². The number of carbonyl (C=O) groups is 1. The van der Waals surface area contributed by atoms with Gasteiger partial charge >= 0.3 is 0 Å². The number of hydrogen-bond donors (Lipinski definition) is 0. The molecule has 0 fully saturated rings. The Labute approximate surface area is 126 Å². The number of benzene rings is 2. The third kappa shape index (κ3) is 3.20. The fourth-order valence-electron chi connectivity index (χ4n) is 1.79. The number of hydrogen-bond acceptors (Lipinski definition) is 3. The van der Waals surface area contributed by atoms with Crippen LogP contribution in [0, 0.1) is 0 Å². The Morgan fingerprint density at radius 2 is 1.90 bits per heavy atom. The van der Waals surface area contributed by atoms with Gasteiger partial charge in [-0.15, -0.1) is 0 Å². The van der Waals surface area contributed by atoms with Crippen molar-refractivity contribution in [1.29, 1.82) is 0 Å². The van der Waals surface area contributed by atoms with E-state index in [4.69, 9.17) is 9.47 Å². The number of carbonyl (C=O) groups excluding carboxylic acids is 1. The number of methoxy groups -OCH3 is 1. The monoisotopic (exact) mass is 334 g/mol. The molecule has 0 aliphatic carbocycles. The molecule has 0 heterocycles. The Morgan fingerprint density at radius 1 is 1.15 bits per heavy atom. The van der Waals surface area contributed by atoms with Crippen LogP contribution in [0.25, 0.3) is 0 Å². The summed E-state index contributed by atoms with van der Waals surface area (Å²) in [5, 5.41) is 0. The van der Waals surface area contributed by atoms with Gasteiger partial charge in [0.1, 0.15) is 17.2 Å². The van der Waals surface area contributed by atoms with E-state index in [1.807, 2.05) is 31.2 Å². The first kappa shape index (κ1) is 14.6. The molecule has 0 saturated carbocycles. The molecule has 0 aromatic heterocycles. The number of ether oxygens (including phenoxy) is 2. The molecule has 2 rings (SSSR count). The fraction of sp³-hybridized carbons (Fsp3) is 0.188. The predicted octanol–water partition coefficient (Wildman–Crippen LogP) is 4.84. The topological polar surface area (TPSA) is 35.5 Å². The zero-order valence-corrected chi connectivity index (χ0v) is 12.9. The summed E-state index contributed by atoms with van der Waals surface area (Å²) in [6.07, 6.45) is 0.449. The van der Waals surface area contributed by atoms with Gasteiger partial charge in [0.15, 0.2) is 5.78 Å². The smallest absolute Gasteiger partial charge is 0.166 e. The first-order chi connectivity index (χ1) is 9.65. The molecule has 0 bridgehead atoms. The second-order valence-corrected chi connectivity index (χ2v) is 5.03. The summed E-state index contributed by atoms with van der Waals surface area (Å²) in [7, 11) is 1.61. The van der Waals surface area contributed by atoms with Crippen molar-refractivity contribution in [3.8, 4) is 17.2 Å². The van der Waals surface area contributed by atoms with Crippen molar-refractivity contribution >= 4 is 21.7 Å². The summed E-state index contributed by atoms with van der Waals surface area (Å²) in [6, 6.07) is 12.7. The predicted molar refractivity (Wildman–Crippen MR) is 81.8 cm³/mol. The van der Waals surface area contributed by atoms with Gasteiger partial charge < -0.3 is 9.47 Å². The molecule has 2 aromatic rings. The maximum absolute atomic E-state index is 11.9. The number of para-hydroxylation sites is 1. The second-order valence-electron chi connectivity index (χ2n) is 4.17. The van der Waals surface area contributed by atoms with Crippen LogP contribution >= 0.6 is 15.9 Å². The maximum Gasteiger partial charge on any atom is 0.166 e. The van der Waals surface area contributed by atoms with Crippen LogP contribution in [0.5, 0.6) is 17.2 Å². The molecule has 0 N–H and O–H groups in total. The Morgan fingerprint density at radius 3 is 2.55 bits per heavy atom. The highest BCUT2D eigenvalue weighted by Gasteiger charge is 2.12. The van der Waals surface area contributed by atoms with Crippen LogP contribution in [0.2, 0.25) is 0 Å². The van der Waals surface area contributed by atoms with Crippen molar-refractivity contribution in [2.24, 2.45) is 0 Å². The van der Waals surface area contributed by atoms with Crippen LogP contribution in [-0.2, 0) is 0 Å². The van der Waals surface area contributed by atoms with Crippen LogP contribution in [0.1, 0.15) is 23.7 Å². The van der Waals surface area contributed by atoms with E-state index in [9.17, 15) is 4.79 Å². The van der Waals surface area contributed by atoms with Crippen LogP contribution in [0.15, 0.2) is 46.9 Å². The quantitative estimate of drug-likeness (QED) is 0.733. The van der Waals surface area contributed by atoms with E-state index in [2.05, 4.69) is 15.9 Å². The summed E-state index contributed by atoms with van der Waals surface area (Å²) < 4.78 is 11.8. The van der Waals surface area contributed by atoms with E-state index >= 15 is 0 Å². The van der Waals surface area contributed by atoms with E-state index in [-0.39, 0.29) is 5.78 Å². The zero-order chi connectivity index (χ0) is 14.5. The average molecular weight is 335 g/mol. The van der Waals surface area contributed by atoms with Gasteiger partial charge in [0.25, 0.3) is 0 Å². The Balaban J connectivity index is 2.33. The first-order valence-electron chi connectivity index (χ1n) is 6.29. The van der Waals surface area contributed by atoms with Crippen molar-refractivity contribution in [2.45, 2.75) is 13.3 Å². The molecule has 104 valence electrons. The van der Waals surface area contributed by atoms with E-state index in [0.717, 1.165) is 10.2 Å². The van der Waals surface area contributed by atoms with Gasteiger partial charge in [-0.25, -0.2) is 0 Å². The minimum atomic E-state index is 0.0604. The lowest BCUT2D eigenvalue weighted by Crippen LogP contribution is -2.00. The third-order valence-electron chi connectivity index (χ3n) is 2.87. The zero-order valence-electron chi connectivity index (χ0n) is 11.4. The summed E-state index contributed by atoms with van der Waals surface area (Å²) >= 11 is 3.43. The van der Waals surface area contributed by atoms with Crippen LogP contribution in [0.4, 0.5) is 0 Å². The summed E-state index contributed by atoms with van der Waals surface area (Å²) in [6.45, 7) is 1.84. The molecule has 4 heteroatoms. The number of rotatable bonds is 5.